The number of benzene rings is 1. The van der Waals surface area contributed by atoms with Crippen molar-refractivity contribution in [2.75, 3.05) is 0 Å². The third kappa shape index (κ3) is 1.93. The van der Waals surface area contributed by atoms with Gasteiger partial charge in [-0.05, 0) is 24.3 Å². The predicted molar refractivity (Wildman–Crippen MR) is 64.7 cm³/mol. The minimum absolute atomic E-state index is 0.181. The number of carbonyl (C=O) groups is 1. The lowest BCUT2D eigenvalue weighted by atomic mass is 10.3. The molecule has 92 valence electrons. The standard InChI is InChI=1S/C11H7ClN2O4/c12-6-1-3-7(4-2-6)14-10(17)8(5-15)9(16)13-11(14)18/h1-5,17H,(H,13,16,18). The van der Waals surface area contributed by atoms with Crippen molar-refractivity contribution in [2.24, 2.45) is 0 Å². The summed E-state index contributed by atoms with van der Waals surface area (Å²) >= 11 is 5.70. The number of hydrogen-bond acceptors (Lipinski definition) is 4. The molecule has 0 saturated heterocycles. The highest BCUT2D eigenvalue weighted by Gasteiger charge is 2.14. The summed E-state index contributed by atoms with van der Waals surface area (Å²) in [5, 5.41) is 10.2. The van der Waals surface area contributed by atoms with Crippen LogP contribution in [0.5, 0.6) is 5.88 Å². The van der Waals surface area contributed by atoms with Crippen molar-refractivity contribution in [3.05, 3.63) is 55.7 Å². The lowest BCUT2D eigenvalue weighted by Crippen LogP contribution is -2.31. The number of nitrogens with zero attached hydrogens (tertiary/aromatic N) is 1. The molecule has 1 heterocycles. The first kappa shape index (κ1) is 12.1. The Morgan fingerprint density at radius 2 is 1.83 bits per heavy atom. The Hall–Kier alpha value is -2.34. The molecule has 0 aliphatic carbocycles. The number of hydrogen-bond donors (Lipinski definition) is 2. The van der Waals surface area contributed by atoms with E-state index in [1.54, 1.807) is 0 Å². The number of aromatic hydroxyl groups is 1. The number of carbonyl (C=O) groups excluding carboxylic acids is 1. The molecule has 0 amide bonds. The normalized spacial score (nSPS) is 10.3. The Morgan fingerprint density at radius 3 is 2.39 bits per heavy atom. The topological polar surface area (TPSA) is 92.2 Å². The van der Waals surface area contributed by atoms with Gasteiger partial charge < -0.3 is 5.11 Å². The van der Waals surface area contributed by atoms with Crippen LogP contribution in [-0.4, -0.2) is 20.9 Å². The highest BCUT2D eigenvalue weighted by atomic mass is 35.5. The van der Waals surface area contributed by atoms with Crippen LogP contribution in [0, 0.1) is 0 Å². The van der Waals surface area contributed by atoms with E-state index in [1.165, 1.54) is 24.3 Å². The maximum atomic E-state index is 11.6. The second-order valence-corrected chi connectivity index (χ2v) is 3.86. The predicted octanol–water partition coefficient (Wildman–Crippen LogP) is 0.697. The third-order valence-electron chi connectivity index (χ3n) is 2.32. The number of rotatable bonds is 2. The molecule has 0 radical (unpaired) electrons. The molecule has 0 saturated carbocycles. The van der Waals surface area contributed by atoms with Crippen LogP contribution in [-0.2, 0) is 0 Å². The van der Waals surface area contributed by atoms with Crippen LogP contribution in [0.1, 0.15) is 10.4 Å². The number of nitrogens with one attached hydrogen (secondary N) is 1. The van der Waals surface area contributed by atoms with Gasteiger partial charge in [0.15, 0.2) is 6.29 Å². The minimum Gasteiger partial charge on any atom is -0.493 e. The molecule has 0 spiro atoms. The van der Waals surface area contributed by atoms with E-state index in [2.05, 4.69) is 0 Å². The lowest BCUT2D eigenvalue weighted by molar-refractivity contribution is 0.111. The summed E-state index contributed by atoms with van der Waals surface area (Å²) in [7, 11) is 0. The summed E-state index contributed by atoms with van der Waals surface area (Å²) in [6, 6.07) is 5.95. The summed E-state index contributed by atoms with van der Waals surface area (Å²) in [5.74, 6) is -0.707. The SMILES string of the molecule is O=Cc1c(O)n(-c2ccc(Cl)cc2)c(=O)[nH]c1=O. The zero-order valence-electron chi connectivity index (χ0n) is 8.88. The van der Waals surface area contributed by atoms with Gasteiger partial charge in [0.1, 0.15) is 5.56 Å². The van der Waals surface area contributed by atoms with E-state index in [0.29, 0.717) is 5.02 Å². The molecule has 0 atom stereocenters. The van der Waals surface area contributed by atoms with Gasteiger partial charge in [-0.1, -0.05) is 11.6 Å². The second kappa shape index (κ2) is 4.50. The van der Waals surface area contributed by atoms with Gasteiger partial charge in [-0.2, -0.15) is 0 Å². The highest BCUT2D eigenvalue weighted by molar-refractivity contribution is 6.30. The van der Waals surface area contributed by atoms with Crippen molar-refractivity contribution in [2.45, 2.75) is 0 Å². The lowest BCUT2D eigenvalue weighted by Gasteiger charge is -2.08. The van der Waals surface area contributed by atoms with Crippen molar-refractivity contribution in [1.29, 1.82) is 0 Å². The smallest absolute Gasteiger partial charge is 0.335 e. The van der Waals surface area contributed by atoms with Gasteiger partial charge in [0.25, 0.3) is 5.56 Å². The molecule has 0 aliphatic rings. The number of aldehydes is 1. The summed E-state index contributed by atoms with van der Waals surface area (Å²) in [5.41, 5.74) is -2.01. The Kier molecular flexibility index (Phi) is 3.03. The Morgan fingerprint density at radius 1 is 1.22 bits per heavy atom. The fraction of sp³-hybridized carbons (Fsp3) is 0. The number of halogens is 1. The summed E-state index contributed by atoms with van der Waals surface area (Å²) in [6.07, 6.45) is 0.181. The Bertz CT molecular complexity index is 715. The third-order valence-corrected chi connectivity index (χ3v) is 2.58. The van der Waals surface area contributed by atoms with Gasteiger partial charge in [-0.3, -0.25) is 14.6 Å². The molecular weight excluding hydrogens is 260 g/mol. The van der Waals surface area contributed by atoms with E-state index in [4.69, 9.17) is 11.6 Å². The number of H-pyrrole nitrogens is 1. The van der Waals surface area contributed by atoms with Crippen LogP contribution < -0.4 is 11.2 Å². The fourth-order valence-corrected chi connectivity index (χ4v) is 1.60. The van der Waals surface area contributed by atoms with E-state index >= 15 is 0 Å². The van der Waals surface area contributed by atoms with E-state index in [-0.39, 0.29) is 12.0 Å². The van der Waals surface area contributed by atoms with Crippen LogP contribution in [0.4, 0.5) is 0 Å². The average molecular weight is 267 g/mol. The molecule has 7 heteroatoms. The molecule has 18 heavy (non-hydrogen) atoms. The number of aromatic amines is 1. The average Bonchev–Trinajstić information content (AvgIpc) is 2.31. The molecule has 0 unspecified atom stereocenters. The quantitative estimate of drug-likeness (QED) is 0.783. The van der Waals surface area contributed by atoms with Crippen molar-refractivity contribution in [1.82, 2.24) is 9.55 Å². The van der Waals surface area contributed by atoms with Crippen LogP contribution in [0.3, 0.4) is 0 Å². The molecule has 2 aromatic rings. The monoisotopic (exact) mass is 266 g/mol. The first-order chi connectivity index (χ1) is 8.54. The molecule has 1 aromatic carbocycles. The van der Waals surface area contributed by atoms with Gasteiger partial charge in [0.2, 0.25) is 5.88 Å². The van der Waals surface area contributed by atoms with E-state index < -0.39 is 22.7 Å². The molecule has 0 bridgehead atoms. The van der Waals surface area contributed by atoms with Gasteiger partial charge in [0, 0.05) is 5.02 Å². The summed E-state index contributed by atoms with van der Waals surface area (Å²) in [4.78, 5) is 35.5. The van der Waals surface area contributed by atoms with Crippen molar-refractivity contribution in [3.8, 4) is 11.6 Å². The van der Waals surface area contributed by atoms with Crippen LogP contribution in [0.15, 0.2) is 33.9 Å². The molecule has 2 N–H and O–H groups in total. The van der Waals surface area contributed by atoms with Gasteiger partial charge in [-0.15, -0.1) is 0 Å². The maximum Gasteiger partial charge on any atom is 0.335 e. The van der Waals surface area contributed by atoms with E-state index in [0.717, 1.165) is 4.57 Å². The first-order valence-electron chi connectivity index (χ1n) is 4.84. The van der Waals surface area contributed by atoms with Crippen molar-refractivity contribution >= 4 is 17.9 Å². The summed E-state index contributed by atoms with van der Waals surface area (Å²) in [6.45, 7) is 0. The molecule has 6 nitrogen and oxygen atoms in total. The zero-order chi connectivity index (χ0) is 13.3. The van der Waals surface area contributed by atoms with Crippen LogP contribution >= 0.6 is 11.6 Å². The molecule has 2 rings (SSSR count). The summed E-state index contributed by atoms with van der Waals surface area (Å²) < 4.78 is 0.807. The van der Waals surface area contributed by atoms with E-state index in [9.17, 15) is 19.5 Å². The highest BCUT2D eigenvalue weighted by Crippen LogP contribution is 2.17. The Labute approximate surface area is 105 Å². The first-order valence-corrected chi connectivity index (χ1v) is 5.22. The molecule has 1 aromatic heterocycles. The number of aromatic nitrogens is 2. The van der Waals surface area contributed by atoms with Gasteiger partial charge in [0.05, 0.1) is 5.69 Å². The molecular formula is C11H7ClN2O4. The van der Waals surface area contributed by atoms with Crippen LogP contribution in [0.2, 0.25) is 5.02 Å². The fourth-order valence-electron chi connectivity index (χ4n) is 1.47. The second-order valence-electron chi connectivity index (χ2n) is 3.43. The Balaban J connectivity index is 2.79. The van der Waals surface area contributed by atoms with Crippen molar-refractivity contribution in [3.63, 3.8) is 0 Å². The van der Waals surface area contributed by atoms with Gasteiger partial charge in [-0.25, -0.2) is 9.36 Å². The minimum atomic E-state index is -0.933. The van der Waals surface area contributed by atoms with E-state index in [1.807, 2.05) is 4.98 Å². The molecule has 0 aliphatic heterocycles. The van der Waals surface area contributed by atoms with Crippen molar-refractivity contribution < 1.29 is 9.90 Å². The maximum absolute atomic E-state index is 11.6. The zero-order valence-corrected chi connectivity index (χ0v) is 9.64. The van der Waals surface area contributed by atoms with Crippen LogP contribution in [0.25, 0.3) is 5.69 Å². The van der Waals surface area contributed by atoms with Gasteiger partial charge >= 0.3 is 5.69 Å². The molecule has 0 fully saturated rings. The largest absolute Gasteiger partial charge is 0.493 e.